The van der Waals surface area contributed by atoms with E-state index in [1.165, 1.54) is 0 Å². The third-order valence-electron chi connectivity index (χ3n) is 4.63. The normalized spacial score (nSPS) is 16.9. The maximum Gasteiger partial charge on any atom is 0.219 e. The van der Waals surface area contributed by atoms with Gasteiger partial charge in [-0.3, -0.25) is 0 Å². The van der Waals surface area contributed by atoms with E-state index in [1.54, 1.807) is 18.2 Å². The fraction of sp³-hybridized carbons (Fsp3) is 0.273. The van der Waals surface area contributed by atoms with E-state index < -0.39 is 0 Å². The van der Waals surface area contributed by atoms with Gasteiger partial charge in [0.05, 0.1) is 6.04 Å². The fourth-order valence-corrected chi connectivity index (χ4v) is 2.96. The molecule has 5 nitrogen and oxygen atoms in total. The van der Waals surface area contributed by atoms with Gasteiger partial charge >= 0.3 is 0 Å². The molecule has 27 heavy (non-hydrogen) atoms. The third-order valence-corrected chi connectivity index (χ3v) is 4.63. The van der Waals surface area contributed by atoms with Crippen LogP contribution >= 0.6 is 0 Å². The lowest BCUT2D eigenvalue weighted by atomic mass is 9.88. The molecule has 0 aliphatic carbocycles. The number of phenols is 1. The molecule has 1 aromatic heterocycles. The Bertz CT molecular complexity index is 1020. The number of benzene rings is 2. The van der Waals surface area contributed by atoms with Gasteiger partial charge in [-0.05, 0) is 35.7 Å². The summed E-state index contributed by atoms with van der Waals surface area (Å²) in [5.74, 6) is 1.83. The number of fused-ring (bicyclic) bond motifs is 1. The minimum Gasteiger partial charge on any atom is -0.506 e. The Hall–Kier alpha value is -3.08. The lowest BCUT2D eigenvalue weighted by molar-refractivity contribution is 0.236. The topological polar surface area (TPSA) is 63.9 Å². The molecule has 2 heterocycles. The summed E-state index contributed by atoms with van der Waals surface area (Å²) in [5, 5.41) is 10.8. The number of hydrogen-bond donors (Lipinski definition) is 1. The van der Waals surface area contributed by atoms with Crippen molar-refractivity contribution in [1.82, 2.24) is 4.98 Å². The summed E-state index contributed by atoms with van der Waals surface area (Å²) in [6, 6.07) is 16.7. The van der Waals surface area contributed by atoms with Gasteiger partial charge in [0.15, 0.2) is 0 Å². The highest BCUT2D eigenvalue weighted by molar-refractivity contribution is 5.95. The van der Waals surface area contributed by atoms with E-state index in [9.17, 15) is 5.11 Å². The van der Waals surface area contributed by atoms with Gasteiger partial charge in [-0.1, -0.05) is 39.0 Å². The molecule has 1 N–H and O–H groups in total. The zero-order valence-corrected chi connectivity index (χ0v) is 15.6. The molecule has 0 spiro atoms. The lowest BCUT2D eigenvalue weighted by Crippen LogP contribution is -2.25. The molecule has 2 aromatic carbocycles. The summed E-state index contributed by atoms with van der Waals surface area (Å²) in [7, 11) is 0. The highest BCUT2D eigenvalue weighted by atomic mass is 16.5. The van der Waals surface area contributed by atoms with Crippen molar-refractivity contribution in [2.45, 2.75) is 26.8 Å². The van der Waals surface area contributed by atoms with Crippen molar-refractivity contribution in [2.75, 3.05) is 6.61 Å². The number of aliphatic imine (C=N–C) groups is 1. The van der Waals surface area contributed by atoms with E-state index >= 15 is 0 Å². The highest BCUT2D eigenvalue weighted by Crippen LogP contribution is 2.30. The molecule has 0 fully saturated rings. The van der Waals surface area contributed by atoms with Crippen LogP contribution in [0.1, 0.15) is 26.3 Å². The predicted octanol–water partition coefficient (Wildman–Crippen LogP) is 4.92. The molecule has 5 heteroatoms. The molecule has 4 rings (SSSR count). The van der Waals surface area contributed by atoms with Crippen molar-refractivity contribution in [3.8, 4) is 17.4 Å². The fourth-order valence-electron chi connectivity index (χ4n) is 2.96. The van der Waals surface area contributed by atoms with Crippen molar-refractivity contribution in [1.29, 1.82) is 0 Å². The van der Waals surface area contributed by atoms with E-state index in [2.05, 4.69) is 25.8 Å². The second kappa shape index (κ2) is 6.58. The maximum absolute atomic E-state index is 9.99. The molecule has 0 saturated carbocycles. The Balaban J connectivity index is 1.60. The molecular formula is C22H22N2O3. The van der Waals surface area contributed by atoms with Crippen molar-refractivity contribution < 1.29 is 14.6 Å². The zero-order valence-electron chi connectivity index (χ0n) is 15.6. The van der Waals surface area contributed by atoms with Crippen molar-refractivity contribution in [2.24, 2.45) is 10.4 Å². The molecule has 1 atom stereocenters. The standard InChI is InChI=1S/C22H22N2O3/c1-22(2,3)18-13-26-21(23-18)15-7-4-8-16(12-15)27-19-11-10-14-6-5-9-17(25)20(14)24-19/h4-12,18,25H,13H2,1-3H3/t18-/m1/s1. The first kappa shape index (κ1) is 17.3. The second-order valence-electron chi connectivity index (χ2n) is 7.76. The first-order chi connectivity index (χ1) is 12.9. The maximum atomic E-state index is 9.99. The minimum atomic E-state index is 0.0624. The van der Waals surface area contributed by atoms with Crippen molar-refractivity contribution in [3.05, 3.63) is 60.2 Å². The Kier molecular flexibility index (Phi) is 4.22. The van der Waals surface area contributed by atoms with Gasteiger partial charge in [0.25, 0.3) is 0 Å². The van der Waals surface area contributed by atoms with Crippen molar-refractivity contribution in [3.63, 3.8) is 0 Å². The Morgan fingerprint density at radius 2 is 1.89 bits per heavy atom. The van der Waals surface area contributed by atoms with E-state index in [0.29, 0.717) is 29.7 Å². The Morgan fingerprint density at radius 3 is 2.67 bits per heavy atom. The van der Waals surface area contributed by atoms with Crippen LogP contribution in [0.5, 0.6) is 17.4 Å². The monoisotopic (exact) mass is 362 g/mol. The molecular weight excluding hydrogens is 340 g/mol. The average molecular weight is 362 g/mol. The number of ether oxygens (including phenoxy) is 2. The van der Waals surface area contributed by atoms with Crippen LogP contribution in [0, 0.1) is 5.41 Å². The lowest BCUT2D eigenvalue weighted by Gasteiger charge is -2.21. The SMILES string of the molecule is CC(C)(C)[C@H]1COC(c2cccc(Oc3ccc4cccc(O)c4n3)c2)=N1. The van der Waals surface area contributed by atoms with E-state index in [1.807, 2.05) is 36.4 Å². The van der Waals surface area contributed by atoms with Crippen LogP contribution in [0.3, 0.4) is 0 Å². The molecule has 0 unspecified atom stereocenters. The van der Waals surface area contributed by atoms with Gasteiger partial charge in [0.1, 0.15) is 23.6 Å². The highest BCUT2D eigenvalue weighted by Gasteiger charge is 2.30. The largest absolute Gasteiger partial charge is 0.506 e. The van der Waals surface area contributed by atoms with E-state index in [-0.39, 0.29) is 17.2 Å². The van der Waals surface area contributed by atoms with Crippen LogP contribution in [0.25, 0.3) is 10.9 Å². The minimum absolute atomic E-state index is 0.0624. The zero-order chi connectivity index (χ0) is 19.0. The molecule has 0 saturated heterocycles. The third kappa shape index (κ3) is 3.58. The van der Waals surface area contributed by atoms with Gasteiger partial charge in [0, 0.05) is 17.0 Å². The van der Waals surface area contributed by atoms with Crippen LogP contribution < -0.4 is 4.74 Å². The quantitative estimate of drug-likeness (QED) is 0.718. The van der Waals surface area contributed by atoms with Crippen molar-refractivity contribution >= 4 is 16.8 Å². The van der Waals surface area contributed by atoms with Gasteiger partial charge in [0.2, 0.25) is 11.8 Å². The molecule has 138 valence electrons. The number of nitrogens with zero attached hydrogens (tertiary/aromatic N) is 2. The van der Waals surface area contributed by atoms with Gasteiger partial charge < -0.3 is 14.6 Å². The smallest absolute Gasteiger partial charge is 0.219 e. The molecule has 1 aliphatic rings. The summed E-state index contributed by atoms with van der Waals surface area (Å²) in [5.41, 5.74) is 1.46. The second-order valence-corrected chi connectivity index (χ2v) is 7.76. The van der Waals surface area contributed by atoms with Gasteiger partial charge in [-0.15, -0.1) is 0 Å². The predicted molar refractivity (Wildman–Crippen MR) is 106 cm³/mol. The van der Waals surface area contributed by atoms with Crippen LogP contribution in [-0.2, 0) is 4.74 Å². The first-order valence-corrected chi connectivity index (χ1v) is 8.98. The molecule has 0 amide bonds. The molecule has 3 aromatic rings. The van der Waals surface area contributed by atoms with E-state index in [0.717, 1.165) is 10.9 Å². The van der Waals surface area contributed by atoms with Crippen LogP contribution in [0.15, 0.2) is 59.6 Å². The molecule has 0 bridgehead atoms. The number of aromatic nitrogens is 1. The number of para-hydroxylation sites is 1. The molecule has 1 aliphatic heterocycles. The Morgan fingerprint density at radius 1 is 1.07 bits per heavy atom. The van der Waals surface area contributed by atoms with E-state index in [4.69, 9.17) is 14.5 Å². The van der Waals surface area contributed by atoms with Gasteiger partial charge in [-0.2, -0.15) is 0 Å². The summed E-state index contributed by atoms with van der Waals surface area (Å²) in [6.45, 7) is 7.07. The van der Waals surface area contributed by atoms with Crippen LogP contribution in [0.4, 0.5) is 0 Å². The summed E-state index contributed by atoms with van der Waals surface area (Å²) in [6.07, 6.45) is 0. The number of phenolic OH excluding ortho intramolecular Hbond substituents is 1. The number of pyridine rings is 1. The van der Waals surface area contributed by atoms with Crippen LogP contribution in [0.2, 0.25) is 0 Å². The number of rotatable bonds is 3. The van der Waals surface area contributed by atoms with Crippen LogP contribution in [-0.4, -0.2) is 28.6 Å². The summed E-state index contributed by atoms with van der Waals surface area (Å²) < 4.78 is 11.7. The number of aromatic hydroxyl groups is 1. The van der Waals surface area contributed by atoms with Gasteiger partial charge in [-0.25, -0.2) is 9.98 Å². The summed E-state index contributed by atoms with van der Waals surface area (Å²) >= 11 is 0. The molecule has 0 radical (unpaired) electrons. The first-order valence-electron chi connectivity index (χ1n) is 8.98. The Labute approximate surface area is 158 Å². The summed E-state index contributed by atoms with van der Waals surface area (Å²) in [4.78, 5) is 9.13. The number of hydrogen-bond acceptors (Lipinski definition) is 5. The average Bonchev–Trinajstić information content (AvgIpc) is 3.13.